The van der Waals surface area contributed by atoms with Gasteiger partial charge in [-0.25, -0.2) is 4.39 Å². The number of anilines is 1. The van der Waals surface area contributed by atoms with Gasteiger partial charge < -0.3 is 19.9 Å². The molecule has 0 bridgehead atoms. The minimum absolute atomic E-state index is 0.164. The fraction of sp³-hybridized carbons (Fsp3) is 0.154. The lowest BCUT2D eigenvalue weighted by Crippen LogP contribution is -2.35. The van der Waals surface area contributed by atoms with Crippen molar-refractivity contribution >= 4 is 33.9 Å². The Hall–Kier alpha value is -3.71. The van der Waals surface area contributed by atoms with Crippen LogP contribution in [0.3, 0.4) is 0 Å². The molecule has 33 heavy (non-hydrogen) atoms. The van der Waals surface area contributed by atoms with Gasteiger partial charge in [-0.1, -0.05) is 23.8 Å². The second kappa shape index (κ2) is 9.83. The van der Waals surface area contributed by atoms with E-state index < -0.39 is 0 Å². The van der Waals surface area contributed by atoms with E-state index in [2.05, 4.69) is 10.3 Å². The van der Waals surface area contributed by atoms with Crippen molar-refractivity contribution in [2.24, 2.45) is 0 Å². The van der Waals surface area contributed by atoms with E-state index in [9.17, 15) is 9.18 Å². The van der Waals surface area contributed by atoms with Crippen LogP contribution in [-0.4, -0.2) is 22.1 Å². The number of methoxy groups -OCH3 is 1. The first kappa shape index (κ1) is 22.5. The van der Waals surface area contributed by atoms with Crippen molar-refractivity contribution in [1.82, 2.24) is 9.88 Å². The highest BCUT2D eigenvalue weighted by atomic mass is 32.1. The number of aromatic nitrogens is 1. The summed E-state index contributed by atoms with van der Waals surface area (Å²) < 4.78 is 18.6. The van der Waals surface area contributed by atoms with Gasteiger partial charge >= 0.3 is 0 Å². The zero-order valence-electron chi connectivity index (χ0n) is 18.4. The van der Waals surface area contributed by atoms with Crippen molar-refractivity contribution < 1.29 is 9.13 Å². The fourth-order valence-electron chi connectivity index (χ4n) is 3.58. The normalized spacial score (nSPS) is 10.8. The second-order valence-electron chi connectivity index (χ2n) is 7.86. The SMILES string of the molecule is COc1ccc(NC(=S)N(Cc2ccc(F)cc2)Cc2cc3cc(C)ccc3[nH]c2=O)cc1. The number of nitrogens with zero attached hydrogens (tertiary/aromatic N) is 1. The number of halogens is 1. The van der Waals surface area contributed by atoms with Gasteiger partial charge in [-0.05, 0) is 84.7 Å². The molecule has 0 aliphatic rings. The molecule has 2 N–H and O–H groups in total. The van der Waals surface area contributed by atoms with E-state index in [1.807, 2.05) is 60.4 Å². The summed E-state index contributed by atoms with van der Waals surface area (Å²) in [7, 11) is 1.61. The van der Waals surface area contributed by atoms with Gasteiger partial charge in [0.05, 0.1) is 13.7 Å². The average Bonchev–Trinajstić information content (AvgIpc) is 2.81. The third kappa shape index (κ3) is 5.56. The zero-order chi connectivity index (χ0) is 23.4. The molecule has 1 heterocycles. The number of hydrogen-bond acceptors (Lipinski definition) is 3. The summed E-state index contributed by atoms with van der Waals surface area (Å²) in [5.74, 6) is 0.443. The molecule has 0 saturated heterocycles. The maximum atomic E-state index is 13.4. The fourth-order valence-corrected chi connectivity index (χ4v) is 3.83. The van der Waals surface area contributed by atoms with Gasteiger partial charge in [-0.3, -0.25) is 4.79 Å². The Kier molecular flexibility index (Phi) is 6.70. The minimum atomic E-state index is -0.300. The van der Waals surface area contributed by atoms with Crippen LogP contribution in [-0.2, 0) is 13.1 Å². The predicted octanol–water partition coefficient (Wildman–Crippen LogP) is 5.38. The first-order valence-electron chi connectivity index (χ1n) is 10.5. The van der Waals surface area contributed by atoms with Crippen LogP contribution in [0.25, 0.3) is 10.9 Å². The van der Waals surface area contributed by atoms with Gasteiger partial charge in [0.2, 0.25) is 0 Å². The standard InChI is InChI=1S/C26H24FN3O2S/c1-17-3-12-24-19(13-17)14-20(25(31)29-24)16-30(15-18-4-6-21(27)7-5-18)26(33)28-22-8-10-23(32-2)11-9-22/h3-14H,15-16H2,1-2H3,(H,28,33)(H,29,31). The van der Waals surface area contributed by atoms with Crippen molar-refractivity contribution in [3.05, 3.63) is 106 Å². The number of benzene rings is 3. The van der Waals surface area contributed by atoms with Crippen LogP contribution in [0.4, 0.5) is 10.1 Å². The van der Waals surface area contributed by atoms with Crippen LogP contribution >= 0.6 is 12.2 Å². The van der Waals surface area contributed by atoms with Gasteiger partial charge in [0.15, 0.2) is 5.11 Å². The summed E-state index contributed by atoms with van der Waals surface area (Å²) in [4.78, 5) is 17.6. The molecular formula is C26H24FN3O2S. The Morgan fingerprint density at radius 2 is 1.76 bits per heavy atom. The molecule has 0 radical (unpaired) electrons. The Labute approximate surface area is 196 Å². The van der Waals surface area contributed by atoms with Crippen LogP contribution in [0.2, 0.25) is 0 Å². The Morgan fingerprint density at radius 1 is 1.03 bits per heavy atom. The van der Waals surface area contributed by atoms with Crippen LogP contribution < -0.4 is 15.6 Å². The monoisotopic (exact) mass is 461 g/mol. The number of ether oxygens (including phenoxy) is 1. The maximum Gasteiger partial charge on any atom is 0.253 e. The largest absolute Gasteiger partial charge is 0.497 e. The summed E-state index contributed by atoms with van der Waals surface area (Å²) in [6, 6.07) is 21.5. The lowest BCUT2D eigenvalue weighted by molar-refractivity contribution is 0.410. The highest BCUT2D eigenvalue weighted by Gasteiger charge is 2.15. The molecule has 4 aromatic rings. The number of aromatic amines is 1. The van der Waals surface area contributed by atoms with E-state index in [1.54, 1.807) is 19.2 Å². The van der Waals surface area contributed by atoms with Gasteiger partial charge in [0.1, 0.15) is 11.6 Å². The van der Waals surface area contributed by atoms with Crippen molar-refractivity contribution in [2.45, 2.75) is 20.0 Å². The summed E-state index contributed by atoms with van der Waals surface area (Å²) in [5.41, 5.74) is 4.01. The number of nitrogens with one attached hydrogen (secondary N) is 2. The molecule has 3 aromatic carbocycles. The van der Waals surface area contributed by atoms with Crippen molar-refractivity contribution in [3.63, 3.8) is 0 Å². The first-order chi connectivity index (χ1) is 15.9. The molecule has 168 valence electrons. The smallest absolute Gasteiger partial charge is 0.253 e. The summed E-state index contributed by atoms with van der Waals surface area (Å²) in [6.45, 7) is 2.71. The lowest BCUT2D eigenvalue weighted by atomic mass is 10.1. The topological polar surface area (TPSA) is 57.4 Å². The molecule has 0 saturated carbocycles. The first-order valence-corrected chi connectivity index (χ1v) is 10.9. The van der Waals surface area contributed by atoms with Gasteiger partial charge in [-0.2, -0.15) is 0 Å². The van der Waals surface area contributed by atoms with E-state index in [0.717, 1.165) is 33.5 Å². The van der Waals surface area contributed by atoms with Gasteiger partial charge in [0.25, 0.3) is 5.56 Å². The highest BCUT2D eigenvalue weighted by molar-refractivity contribution is 7.80. The third-order valence-electron chi connectivity index (χ3n) is 5.35. The molecule has 0 aliphatic carbocycles. The Bertz CT molecular complexity index is 1330. The van der Waals surface area contributed by atoms with E-state index in [0.29, 0.717) is 23.8 Å². The van der Waals surface area contributed by atoms with E-state index in [-0.39, 0.29) is 11.4 Å². The summed E-state index contributed by atoms with van der Waals surface area (Å²) >= 11 is 5.70. The van der Waals surface area contributed by atoms with Gasteiger partial charge in [-0.15, -0.1) is 0 Å². The molecule has 0 amide bonds. The van der Waals surface area contributed by atoms with E-state index >= 15 is 0 Å². The highest BCUT2D eigenvalue weighted by Crippen LogP contribution is 2.19. The molecule has 4 rings (SSSR count). The molecule has 0 atom stereocenters. The molecule has 5 nitrogen and oxygen atoms in total. The number of thiocarbonyl (C=S) groups is 1. The molecule has 0 fully saturated rings. The molecule has 0 unspecified atom stereocenters. The third-order valence-corrected chi connectivity index (χ3v) is 5.71. The van der Waals surface area contributed by atoms with Crippen LogP contribution in [0.5, 0.6) is 5.75 Å². The van der Waals surface area contributed by atoms with Crippen LogP contribution in [0, 0.1) is 12.7 Å². The van der Waals surface area contributed by atoms with E-state index in [4.69, 9.17) is 17.0 Å². The number of H-pyrrole nitrogens is 1. The van der Waals surface area contributed by atoms with E-state index in [1.165, 1.54) is 12.1 Å². The Morgan fingerprint density at radius 3 is 2.45 bits per heavy atom. The zero-order valence-corrected chi connectivity index (χ0v) is 19.2. The van der Waals surface area contributed by atoms with Crippen molar-refractivity contribution in [2.75, 3.05) is 12.4 Å². The molecule has 0 spiro atoms. The number of rotatable bonds is 6. The van der Waals surface area contributed by atoms with Gasteiger partial charge in [0, 0.05) is 23.3 Å². The number of pyridine rings is 1. The number of hydrogen-bond donors (Lipinski definition) is 2. The summed E-state index contributed by atoms with van der Waals surface area (Å²) in [5, 5.41) is 4.64. The lowest BCUT2D eigenvalue weighted by Gasteiger charge is -2.26. The maximum absolute atomic E-state index is 13.4. The predicted molar refractivity (Wildman–Crippen MR) is 134 cm³/mol. The van der Waals surface area contributed by atoms with Crippen LogP contribution in [0.15, 0.2) is 77.6 Å². The Balaban J connectivity index is 1.63. The quantitative estimate of drug-likeness (QED) is 0.378. The molecule has 1 aromatic heterocycles. The number of fused-ring (bicyclic) bond motifs is 1. The van der Waals surface area contributed by atoms with Crippen LogP contribution in [0.1, 0.15) is 16.7 Å². The van der Waals surface area contributed by atoms with Crippen molar-refractivity contribution in [3.8, 4) is 5.75 Å². The second-order valence-corrected chi connectivity index (χ2v) is 8.24. The molecular weight excluding hydrogens is 437 g/mol. The summed E-state index contributed by atoms with van der Waals surface area (Å²) in [6.07, 6.45) is 0. The molecule has 0 aliphatic heterocycles. The average molecular weight is 462 g/mol. The minimum Gasteiger partial charge on any atom is -0.497 e. The molecule has 7 heteroatoms. The number of aryl methyl sites for hydroxylation is 1. The van der Waals surface area contributed by atoms with Crippen molar-refractivity contribution in [1.29, 1.82) is 0 Å².